The van der Waals surface area contributed by atoms with Crippen LogP contribution in [-0.2, 0) is 0 Å². The first-order valence-electron chi connectivity index (χ1n) is 4.27. The van der Waals surface area contributed by atoms with Crippen LogP contribution in [0.3, 0.4) is 0 Å². The number of nitrogen functional groups attached to an aromatic ring is 1. The van der Waals surface area contributed by atoms with Crippen LogP contribution in [0.2, 0.25) is 10.0 Å². The van der Waals surface area contributed by atoms with Crippen LogP contribution in [0.15, 0.2) is 22.7 Å². The van der Waals surface area contributed by atoms with Gasteiger partial charge in [-0.05, 0) is 18.6 Å². The number of anilines is 1. The first-order chi connectivity index (χ1) is 7.11. The van der Waals surface area contributed by atoms with Gasteiger partial charge in [-0.3, -0.25) is 0 Å². The van der Waals surface area contributed by atoms with Crippen molar-refractivity contribution < 1.29 is 4.52 Å². The summed E-state index contributed by atoms with van der Waals surface area (Å²) in [5, 5.41) is 4.46. The van der Waals surface area contributed by atoms with Gasteiger partial charge in [-0.2, -0.15) is 0 Å². The van der Waals surface area contributed by atoms with Crippen molar-refractivity contribution in [1.29, 1.82) is 0 Å². The second kappa shape index (κ2) is 3.76. The van der Waals surface area contributed by atoms with E-state index < -0.39 is 0 Å². The summed E-state index contributed by atoms with van der Waals surface area (Å²) in [7, 11) is 0. The highest BCUT2D eigenvalue weighted by Gasteiger charge is 2.16. The van der Waals surface area contributed by atoms with Gasteiger partial charge in [-0.1, -0.05) is 40.5 Å². The number of aromatic nitrogens is 1. The minimum atomic E-state index is 0.171. The molecular formula is C10H8Cl2N2O. The lowest BCUT2D eigenvalue weighted by atomic mass is 10.1. The Kier molecular flexibility index (Phi) is 2.59. The number of halogens is 2. The van der Waals surface area contributed by atoms with E-state index in [1.165, 1.54) is 0 Å². The van der Waals surface area contributed by atoms with Gasteiger partial charge in [0.1, 0.15) is 5.02 Å². The van der Waals surface area contributed by atoms with Crippen LogP contribution in [0.1, 0.15) is 5.56 Å². The molecule has 0 saturated carbocycles. The predicted molar refractivity (Wildman–Crippen MR) is 61.1 cm³/mol. The molecule has 0 fully saturated rings. The maximum absolute atomic E-state index is 6.12. The highest BCUT2D eigenvalue weighted by molar-refractivity contribution is 6.37. The lowest BCUT2D eigenvalue weighted by Crippen LogP contribution is -1.84. The topological polar surface area (TPSA) is 52.0 Å². The molecule has 1 aromatic heterocycles. The highest BCUT2D eigenvalue weighted by atomic mass is 35.5. The molecule has 3 nitrogen and oxygen atoms in total. The van der Waals surface area contributed by atoms with Crippen molar-refractivity contribution in [3.05, 3.63) is 33.8 Å². The van der Waals surface area contributed by atoms with E-state index in [-0.39, 0.29) is 5.82 Å². The van der Waals surface area contributed by atoms with Crippen LogP contribution >= 0.6 is 23.2 Å². The molecular weight excluding hydrogens is 235 g/mol. The zero-order valence-corrected chi connectivity index (χ0v) is 9.43. The normalized spacial score (nSPS) is 10.6. The quantitative estimate of drug-likeness (QED) is 0.833. The molecule has 0 radical (unpaired) electrons. The fourth-order valence-corrected chi connectivity index (χ4v) is 1.66. The van der Waals surface area contributed by atoms with E-state index in [9.17, 15) is 0 Å². The summed E-state index contributed by atoms with van der Waals surface area (Å²) in [5.41, 5.74) is 7.13. The lowest BCUT2D eigenvalue weighted by Gasteiger charge is -2.02. The summed E-state index contributed by atoms with van der Waals surface area (Å²) in [6, 6.07) is 5.58. The zero-order chi connectivity index (χ0) is 11.0. The molecule has 15 heavy (non-hydrogen) atoms. The molecule has 2 N–H and O–H groups in total. The van der Waals surface area contributed by atoms with E-state index in [2.05, 4.69) is 5.16 Å². The Balaban J connectivity index is 2.64. The fraction of sp³-hybridized carbons (Fsp3) is 0.100. The van der Waals surface area contributed by atoms with Crippen LogP contribution in [-0.4, -0.2) is 5.16 Å². The van der Waals surface area contributed by atoms with Gasteiger partial charge in [-0.25, -0.2) is 0 Å². The zero-order valence-electron chi connectivity index (χ0n) is 7.92. The highest BCUT2D eigenvalue weighted by Crippen LogP contribution is 2.37. The van der Waals surface area contributed by atoms with Gasteiger partial charge in [0, 0.05) is 5.56 Å². The maximum atomic E-state index is 6.12. The van der Waals surface area contributed by atoms with Crippen molar-refractivity contribution in [1.82, 2.24) is 5.16 Å². The van der Waals surface area contributed by atoms with Gasteiger partial charge in [0.15, 0.2) is 11.6 Å². The molecule has 2 rings (SSSR count). The minimum absolute atomic E-state index is 0.171. The average Bonchev–Trinajstić information content (AvgIpc) is 2.53. The molecule has 0 amide bonds. The summed E-state index contributed by atoms with van der Waals surface area (Å²) in [5.74, 6) is 0.576. The molecule has 0 bridgehead atoms. The summed E-state index contributed by atoms with van der Waals surface area (Å²) in [6.45, 7) is 1.90. The molecule has 78 valence electrons. The van der Waals surface area contributed by atoms with Gasteiger partial charge >= 0.3 is 0 Å². The van der Waals surface area contributed by atoms with Crippen molar-refractivity contribution in [3.8, 4) is 11.3 Å². The second-order valence-electron chi connectivity index (χ2n) is 3.15. The van der Waals surface area contributed by atoms with E-state index in [1.54, 1.807) is 6.07 Å². The Morgan fingerprint density at radius 2 is 2.00 bits per heavy atom. The number of hydrogen-bond donors (Lipinski definition) is 1. The number of hydrogen-bond acceptors (Lipinski definition) is 3. The monoisotopic (exact) mass is 242 g/mol. The second-order valence-corrected chi connectivity index (χ2v) is 3.90. The number of nitrogens with zero attached hydrogens (tertiary/aromatic N) is 1. The molecule has 0 aliphatic rings. The predicted octanol–water partition coefficient (Wildman–Crippen LogP) is 3.54. The van der Waals surface area contributed by atoms with E-state index >= 15 is 0 Å². The summed E-state index contributed by atoms with van der Waals surface area (Å²) < 4.78 is 5.03. The fourth-order valence-electron chi connectivity index (χ4n) is 1.28. The van der Waals surface area contributed by atoms with Crippen molar-refractivity contribution in [2.45, 2.75) is 6.92 Å². The third kappa shape index (κ3) is 1.68. The van der Waals surface area contributed by atoms with Crippen molar-refractivity contribution in [3.63, 3.8) is 0 Å². The minimum Gasteiger partial charge on any atom is -0.380 e. The Labute approximate surface area is 96.8 Å². The van der Waals surface area contributed by atoms with Crippen molar-refractivity contribution >= 4 is 29.0 Å². The van der Waals surface area contributed by atoms with Gasteiger partial charge in [0.25, 0.3) is 0 Å². The molecule has 2 aromatic rings. The Hall–Kier alpha value is -1.19. The number of benzene rings is 1. The Morgan fingerprint density at radius 1 is 1.27 bits per heavy atom. The van der Waals surface area contributed by atoms with Crippen molar-refractivity contribution in [2.24, 2.45) is 0 Å². The summed E-state index contributed by atoms with van der Waals surface area (Å²) >= 11 is 12.0. The van der Waals surface area contributed by atoms with Gasteiger partial charge in [-0.15, -0.1) is 0 Å². The number of rotatable bonds is 1. The van der Waals surface area contributed by atoms with Crippen LogP contribution in [0.4, 0.5) is 5.82 Å². The van der Waals surface area contributed by atoms with Crippen LogP contribution in [0, 0.1) is 6.92 Å². The van der Waals surface area contributed by atoms with E-state index in [0.29, 0.717) is 21.4 Å². The van der Waals surface area contributed by atoms with E-state index in [0.717, 1.165) is 5.56 Å². The third-order valence-electron chi connectivity index (χ3n) is 2.10. The number of aryl methyl sites for hydroxylation is 1. The molecule has 0 saturated heterocycles. The van der Waals surface area contributed by atoms with E-state index in [4.69, 9.17) is 33.5 Å². The first-order valence-corrected chi connectivity index (χ1v) is 5.03. The summed E-state index contributed by atoms with van der Waals surface area (Å²) in [4.78, 5) is 0. The summed E-state index contributed by atoms with van der Waals surface area (Å²) in [6.07, 6.45) is 0. The molecule has 0 aliphatic carbocycles. The largest absolute Gasteiger partial charge is 0.380 e. The van der Waals surface area contributed by atoms with Gasteiger partial charge in [0.05, 0.1) is 5.02 Å². The van der Waals surface area contributed by atoms with Crippen molar-refractivity contribution in [2.75, 3.05) is 5.73 Å². The first kappa shape index (κ1) is 10.3. The number of nitrogens with two attached hydrogens (primary N) is 1. The molecule has 1 heterocycles. The maximum Gasteiger partial charge on any atom is 0.189 e. The molecule has 1 aromatic carbocycles. The van der Waals surface area contributed by atoms with Gasteiger partial charge < -0.3 is 10.3 Å². The van der Waals surface area contributed by atoms with Crippen LogP contribution in [0.5, 0.6) is 0 Å². The molecule has 0 atom stereocenters. The molecule has 5 heteroatoms. The molecule has 0 unspecified atom stereocenters. The van der Waals surface area contributed by atoms with E-state index in [1.807, 2.05) is 19.1 Å². The smallest absolute Gasteiger partial charge is 0.189 e. The SMILES string of the molecule is Cc1cccc(-c2onc(N)c2Cl)c1Cl. The van der Waals surface area contributed by atoms with Crippen LogP contribution in [0.25, 0.3) is 11.3 Å². The molecule has 0 spiro atoms. The van der Waals surface area contributed by atoms with Gasteiger partial charge in [0.2, 0.25) is 0 Å². The standard InChI is InChI=1S/C10H8Cl2N2O/c1-5-3-2-4-6(7(5)11)9-8(12)10(13)14-15-9/h2-4H,1H3,(H2,13,14). The average molecular weight is 243 g/mol. The lowest BCUT2D eigenvalue weighted by molar-refractivity contribution is 0.436. The van der Waals surface area contributed by atoms with Crippen LogP contribution < -0.4 is 5.73 Å². The Bertz CT molecular complexity index is 508. The Morgan fingerprint density at radius 3 is 2.60 bits per heavy atom. The molecule has 0 aliphatic heterocycles. The third-order valence-corrected chi connectivity index (χ3v) is 2.96.